The van der Waals surface area contributed by atoms with E-state index in [1.165, 1.54) is 7.11 Å². The van der Waals surface area contributed by atoms with Gasteiger partial charge in [-0.2, -0.15) is 0 Å². The average Bonchev–Trinajstić information content (AvgIpc) is 2.01. The molecule has 0 radical (unpaired) electrons. The van der Waals surface area contributed by atoms with Crippen molar-refractivity contribution in [2.24, 2.45) is 0 Å². The molecule has 0 aromatic carbocycles. The highest BCUT2D eigenvalue weighted by Gasteiger charge is 2.28. The van der Waals surface area contributed by atoms with E-state index >= 15 is 0 Å². The summed E-state index contributed by atoms with van der Waals surface area (Å²) in [5, 5.41) is 2.88. The first kappa shape index (κ1) is 17.1. The topological polar surface area (TPSA) is 47.6 Å². The van der Waals surface area contributed by atoms with Gasteiger partial charge in [-0.05, 0) is 34.7 Å². The summed E-state index contributed by atoms with van der Waals surface area (Å²) in [5.41, 5.74) is -0.261. The molecule has 0 aromatic heterocycles. The van der Waals surface area contributed by atoms with Crippen molar-refractivity contribution in [2.45, 2.75) is 45.4 Å². The maximum atomic E-state index is 11.3. The van der Waals surface area contributed by atoms with Crippen LogP contribution in [0.3, 0.4) is 0 Å². The molecule has 0 fully saturated rings. The molecule has 0 amide bonds. The van der Waals surface area contributed by atoms with Crippen LogP contribution in [-0.4, -0.2) is 37.9 Å². The number of hydrogen-bond donors (Lipinski definition) is 1. The van der Waals surface area contributed by atoms with Gasteiger partial charge in [-0.15, -0.1) is 12.4 Å². The van der Waals surface area contributed by atoms with Crippen LogP contribution in [0.2, 0.25) is 0 Å². The van der Waals surface area contributed by atoms with Crippen LogP contribution in [0.15, 0.2) is 0 Å². The number of carbonyl (C=O) groups is 1. The number of esters is 1. The molecule has 0 saturated heterocycles. The third-order valence-corrected chi connectivity index (χ3v) is 1.77. The molecule has 0 saturated carbocycles. The van der Waals surface area contributed by atoms with Gasteiger partial charge in [0.2, 0.25) is 0 Å². The molecule has 0 bridgehead atoms. The normalized spacial score (nSPS) is 15.1. The van der Waals surface area contributed by atoms with Crippen molar-refractivity contribution in [3.05, 3.63) is 0 Å². The molecule has 92 valence electrons. The third-order valence-electron chi connectivity index (χ3n) is 1.77. The van der Waals surface area contributed by atoms with Crippen molar-refractivity contribution in [2.75, 3.05) is 14.2 Å². The van der Waals surface area contributed by atoms with E-state index in [0.717, 1.165) is 0 Å². The molecule has 2 unspecified atom stereocenters. The third kappa shape index (κ3) is 6.71. The smallest absolute Gasteiger partial charge is 0.325 e. The SMILES string of the molecule is CNC(C(=O)OC)C(C)OC(C)(C)C.Cl. The quantitative estimate of drug-likeness (QED) is 0.753. The monoisotopic (exact) mass is 239 g/mol. The van der Waals surface area contributed by atoms with Crippen molar-refractivity contribution >= 4 is 18.4 Å². The second-order valence-electron chi connectivity index (χ2n) is 4.22. The van der Waals surface area contributed by atoms with E-state index in [2.05, 4.69) is 10.1 Å². The second kappa shape index (κ2) is 7.04. The summed E-state index contributed by atoms with van der Waals surface area (Å²) in [4.78, 5) is 11.3. The van der Waals surface area contributed by atoms with E-state index in [1.807, 2.05) is 27.7 Å². The number of nitrogens with one attached hydrogen (secondary N) is 1. The van der Waals surface area contributed by atoms with E-state index in [-0.39, 0.29) is 30.1 Å². The van der Waals surface area contributed by atoms with Gasteiger partial charge in [0.25, 0.3) is 0 Å². The van der Waals surface area contributed by atoms with Crippen LogP contribution < -0.4 is 5.32 Å². The number of methoxy groups -OCH3 is 1. The average molecular weight is 240 g/mol. The molecule has 15 heavy (non-hydrogen) atoms. The molecule has 4 nitrogen and oxygen atoms in total. The molecule has 1 N–H and O–H groups in total. The summed E-state index contributed by atoms with van der Waals surface area (Å²) >= 11 is 0. The van der Waals surface area contributed by atoms with Gasteiger partial charge in [0, 0.05) is 0 Å². The lowest BCUT2D eigenvalue weighted by molar-refractivity contribution is -0.150. The second-order valence-corrected chi connectivity index (χ2v) is 4.22. The number of hydrogen-bond acceptors (Lipinski definition) is 4. The van der Waals surface area contributed by atoms with E-state index in [4.69, 9.17) is 4.74 Å². The van der Waals surface area contributed by atoms with Crippen LogP contribution in [0.4, 0.5) is 0 Å². The molecule has 0 aromatic rings. The Morgan fingerprint density at radius 2 is 1.80 bits per heavy atom. The largest absolute Gasteiger partial charge is 0.468 e. The zero-order valence-corrected chi connectivity index (χ0v) is 11.1. The summed E-state index contributed by atoms with van der Waals surface area (Å²) in [6.07, 6.45) is -0.215. The Balaban J connectivity index is 0. The lowest BCUT2D eigenvalue weighted by Gasteiger charge is -2.29. The highest BCUT2D eigenvalue weighted by Crippen LogP contribution is 2.13. The number of halogens is 1. The zero-order chi connectivity index (χ0) is 11.4. The van der Waals surface area contributed by atoms with Gasteiger partial charge in [-0.1, -0.05) is 0 Å². The van der Waals surface area contributed by atoms with Gasteiger partial charge < -0.3 is 14.8 Å². The maximum Gasteiger partial charge on any atom is 0.325 e. The highest BCUT2D eigenvalue weighted by molar-refractivity contribution is 5.85. The van der Waals surface area contributed by atoms with Gasteiger partial charge in [0.05, 0.1) is 18.8 Å². The minimum Gasteiger partial charge on any atom is -0.468 e. The van der Waals surface area contributed by atoms with E-state index in [9.17, 15) is 4.79 Å². The Morgan fingerprint density at radius 1 is 1.33 bits per heavy atom. The van der Waals surface area contributed by atoms with Crippen LogP contribution in [0.25, 0.3) is 0 Å². The molecule has 0 rings (SSSR count). The van der Waals surface area contributed by atoms with Crippen LogP contribution in [0, 0.1) is 0 Å². The predicted molar refractivity (Wildman–Crippen MR) is 62.4 cm³/mol. The van der Waals surface area contributed by atoms with Gasteiger partial charge in [0.1, 0.15) is 6.04 Å². The molecule has 0 heterocycles. The molecule has 2 atom stereocenters. The lowest BCUT2D eigenvalue weighted by atomic mass is 10.1. The number of likely N-dealkylation sites (N-methyl/N-ethyl adjacent to an activating group) is 1. The summed E-state index contributed by atoms with van der Waals surface area (Å²) in [5.74, 6) is -0.302. The van der Waals surface area contributed by atoms with Crippen LogP contribution in [-0.2, 0) is 14.3 Å². The fourth-order valence-corrected chi connectivity index (χ4v) is 1.30. The molecule has 0 spiro atoms. The van der Waals surface area contributed by atoms with E-state index in [1.54, 1.807) is 7.05 Å². The molecule has 0 aliphatic heterocycles. The molecular formula is C10H22ClNO3. The summed E-state index contributed by atoms with van der Waals surface area (Å²) in [7, 11) is 3.08. The standard InChI is InChI=1S/C10H21NO3.ClH/c1-7(14-10(2,3)4)8(11-5)9(12)13-6;/h7-8,11H,1-6H3;1H. The van der Waals surface area contributed by atoms with Gasteiger partial charge >= 0.3 is 5.97 Å². The minimum atomic E-state index is -0.417. The van der Waals surface area contributed by atoms with Crippen LogP contribution >= 0.6 is 12.4 Å². The zero-order valence-electron chi connectivity index (χ0n) is 10.3. The summed E-state index contributed by atoms with van der Waals surface area (Å²) < 4.78 is 10.3. The van der Waals surface area contributed by atoms with Crippen molar-refractivity contribution in [1.82, 2.24) is 5.32 Å². The first-order valence-corrected chi connectivity index (χ1v) is 4.74. The first-order chi connectivity index (χ1) is 6.31. The minimum absolute atomic E-state index is 0. The summed E-state index contributed by atoms with van der Waals surface area (Å²) in [6, 6.07) is -0.417. The van der Waals surface area contributed by atoms with E-state index < -0.39 is 6.04 Å². The van der Waals surface area contributed by atoms with Crippen molar-refractivity contribution in [1.29, 1.82) is 0 Å². The predicted octanol–water partition coefficient (Wildman–Crippen LogP) is 1.37. The number of carbonyl (C=O) groups excluding carboxylic acids is 1. The lowest BCUT2D eigenvalue weighted by Crippen LogP contribution is -2.47. The molecular weight excluding hydrogens is 218 g/mol. The van der Waals surface area contributed by atoms with Crippen molar-refractivity contribution in [3.63, 3.8) is 0 Å². The Morgan fingerprint density at radius 3 is 2.07 bits per heavy atom. The Labute approximate surface area is 98.1 Å². The van der Waals surface area contributed by atoms with Crippen molar-refractivity contribution < 1.29 is 14.3 Å². The van der Waals surface area contributed by atoms with Crippen LogP contribution in [0.1, 0.15) is 27.7 Å². The van der Waals surface area contributed by atoms with Crippen molar-refractivity contribution in [3.8, 4) is 0 Å². The molecule has 0 aliphatic rings. The fourth-order valence-electron chi connectivity index (χ4n) is 1.30. The molecule has 0 aliphatic carbocycles. The Hall–Kier alpha value is -0.320. The molecule has 5 heteroatoms. The highest BCUT2D eigenvalue weighted by atomic mass is 35.5. The summed E-state index contributed by atoms with van der Waals surface area (Å²) in [6.45, 7) is 7.71. The van der Waals surface area contributed by atoms with Crippen LogP contribution in [0.5, 0.6) is 0 Å². The fraction of sp³-hybridized carbons (Fsp3) is 0.900. The maximum absolute atomic E-state index is 11.3. The Kier molecular flexibility index (Phi) is 8.02. The van der Waals surface area contributed by atoms with Gasteiger partial charge in [-0.3, -0.25) is 4.79 Å². The van der Waals surface area contributed by atoms with Gasteiger partial charge in [0.15, 0.2) is 0 Å². The van der Waals surface area contributed by atoms with E-state index in [0.29, 0.717) is 0 Å². The Bertz CT molecular complexity index is 192. The number of ether oxygens (including phenoxy) is 2. The first-order valence-electron chi connectivity index (χ1n) is 4.74. The number of rotatable bonds is 4. The van der Waals surface area contributed by atoms with Gasteiger partial charge in [-0.25, -0.2) is 0 Å².